The Morgan fingerprint density at radius 3 is 2.08 bits per heavy atom. The van der Waals surface area contributed by atoms with Gasteiger partial charge in [-0.15, -0.1) is 11.3 Å². The number of carbonyl (C=O) groups excluding carboxylic acids is 1. The number of nitrogens with one attached hydrogen (secondary N) is 1. The number of hydrogen-bond donors (Lipinski definition) is 1. The van der Waals surface area contributed by atoms with Crippen molar-refractivity contribution in [2.24, 2.45) is 5.10 Å². The van der Waals surface area contributed by atoms with E-state index in [0.29, 0.717) is 0 Å². The molecule has 24 heavy (non-hydrogen) atoms. The van der Waals surface area contributed by atoms with Crippen LogP contribution in [0.25, 0.3) is 0 Å². The second kappa shape index (κ2) is 7.70. The topological polar surface area (TPSA) is 41.5 Å². The highest BCUT2D eigenvalue weighted by Gasteiger charge is 2.22. The Kier molecular flexibility index (Phi) is 5.18. The first kappa shape index (κ1) is 16.1. The lowest BCUT2D eigenvalue weighted by Gasteiger charge is -2.16. The van der Waals surface area contributed by atoms with Crippen molar-refractivity contribution in [3.63, 3.8) is 0 Å². The summed E-state index contributed by atoms with van der Waals surface area (Å²) in [4.78, 5) is 13.8. The van der Waals surface area contributed by atoms with Crippen LogP contribution in [0.3, 0.4) is 0 Å². The van der Waals surface area contributed by atoms with Gasteiger partial charge in [0.2, 0.25) is 0 Å². The fourth-order valence-corrected chi connectivity index (χ4v) is 3.31. The standard InChI is InChI=1S/C20H18N2OS/c1-15-12-13-24-18(15)14-21-22-20(23)19(16-8-4-2-5-9-16)17-10-6-3-7-11-17/h2-14,19H,1H3,(H,22,23)/b21-14+. The van der Waals surface area contributed by atoms with Crippen molar-refractivity contribution in [1.29, 1.82) is 0 Å². The monoisotopic (exact) mass is 334 g/mol. The average molecular weight is 334 g/mol. The van der Waals surface area contributed by atoms with E-state index in [1.54, 1.807) is 17.6 Å². The van der Waals surface area contributed by atoms with Gasteiger partial charge < -0.3 is 0 Å². The van der Waals surface area contributed by atoms with Crippen molar-refractivity contribution in [3.05, 3.63) is 93.7 Å². The Balaban J connectivity index is 1.82. The molecule has 0 saturated heterocycles. The number of nitrogens with zero attached hydrogens (tertiary/aromatic N) is 1. The summed E-state index contributed by atoms with van der Waals surface area (Å²) in [5, 5.41) is 6.14. The molecule has 0 atom stereocenters. The van der Waals surface area contributed by atoms with Crippen LogP contribution in [0, 0.1) is 6.92 Å². The van der Waals surface area contributed by atoms with E-state index in [2.05, 4.69) is 10.5 Å². The molecular formula is C20H18N2OS. The molecule has 0 bridgehead atoms. The molecule has 1 amide bonds. The molecule has 0 aliphatic carbocycles. The van der Waals surface area contributed by atoms with Gasteiger partial charge in [-0.2, -0.15) is 5.10 Å². The van der Waals surface area contributed by atoms with Crippen LogP contribution < -0.4 is 5.43 Å². The lowest BCUT2D eigenvalue weighted by molar-refractivity contribution is -0.121. The fourth-order valence-electron chi connectivity index (χ4n) is 2.52. The zero-order chi connectivity index (χ0) is 16.8. The third-order valence-electron chi connectivity index (χ3n) is 3.79. The van der Waals surface area contributed by atoms with Gasteiger partial charge in [-0.25, -0.2) is 5.43 Å². The number of carbonyl (C=O) groups is 1. The summed E-state index contributed by atoms with van der Waals surface area (Å²) in [6.07, 6.45) is 1.70. The maximum atomic E-state index is 12.7. The van der Waals surface area contributed by atoms with Crippen molar-refractivity contribution >= 4 is 23.5 Å². The van der Waals surface area contributed by atoms with Crippen molar-refractivity contribution < 1.29 is 4.79 Å². The molecule has 1 heterocycles. The summed E-state index contributed by atoms with van der Waals surface area (Å²) in [6.45, 7) is 2.02. The highest BCUT2D eigenvalue weighted by Crippen LogP contribution is 2.24. The minimum absolute atomic E-state index is 0.141. The third-order valence-corrected chi connectivity index (χ3v) is 4.74. The Morgan fingerprint density at radius 1 is 1.00 bits per heavy atom. The maximum Gasteiger partial charge on any atom is 0.252 e. The van der Waals surface area contributed by atoms with Crippen LogP contribution in [0.2, 0.25) is 0 Å². The maximum absolute atomic E-state index is 12.7. The molecule has 120 valence electrons. The van der Waals surface area contributed by atoms with Gasteiger partial charge in [-0.1, -0.05) is 60.7 Å². The van der Waals surface area contributed by atoms with E-state index in [1.165, 1.54) is 0 Å². The first-order valence-electron chi connectivity index (χ1n) is 7.72. The zero-order valence-corrected chi connectivity index (χ0v) is 14.2. The highest BCUT2D eigenvalue weighted by molar-refractivity contribution is 7.11. The lowest BCUT2D eigenvalue weighted by Crippen LogP contribution is -2.26. The van der Waals surface area contributed by atoms with Gasteiger partial charge in [-0.05, 0) is 35.1 Å². The highest BCUT2D eigenvalue weighted by atomic mass is 32.1. The van der Waals surface area contributed by atoms with E-state index in [1.807, 2.05) is 79.0 Å². The SMILES string of the molecule is Cc1ccsc1/C=N/NC(=O)C(c1ccccc1)c1ccccc1. The van der Waals surface area contributed by atoms with Crippen LogP contribution in [0.4, 0.5) is 0 Å². The van der Waals surface area contributed by atoms with Gasteiger partial charge in [0.1, 0.15) is 0 Å². The second-order valence-electron chi connectivity index (χ2n) is 5.46. The van der Waals surface area contributed by atoms with Crippen molar-refractivity contribution in [3.8, 4) is 0 Å². The number of benzene rings is 2. The first-order valence-corrected chi connectivity index (χ1v) is 8.60. The summed E-state index contributed by atoms with van der Waals surface area (Å²) in [6, 6.07) is 21.5. The smallest absolute Gasteiger partial charge is 0.252 e. The van der Waals surface area contributed by atoms with Crippen molar-refractivity contribution in [2.75, 3.05) is 0 Å². The third kappa shape index (κ3) is 3.78. The molecule has 0 aliphatic heterocycles. The summed E-state index contributed by atoms with van der Waals surface area (Å²) in [5.74, 6) is -0.521. The predicted octanol–water partition coefficient (Wildman–Crippen LogP) is 4.34. The number of aryl methyl sites for hydroxylation is 1. The van der Waals surface area contributed by atoms with Crippen molar-refractivity contribution in [2.45, 2.75) is 12.8 Å². The number of rotatable bonds is 5. The van der Waals surface area contributed by atoms with Crippen LogP contribution in [-0.4, -0.2) is 12.1 Å². The molecule has 0 unspecified atom stereocenters. The molecule has 1 aromatic heterocycles. The van der Waals surface area contributed by atoms with Crippen LogP contribution in [0.5, 0.6) is 0 Å². The molecule has 0 spiro atoms. The van der Waals surface area contributed by atoms with Crippen LogP contribution in [0.1, 0.15) is 27.5 Å². The quantitative estimate of drug-likeness (QED) is 0.547. The molecule has 0 aliphatic rings. The number of hydrogen-bond acceptors (Lipinski definition) is 3. The molecule has 0 saturated carbocycles. The molecule has 3 nitrogen and oxygen atoms in total. The average Bonchev–Trinajstić information content (AvgIpc) is 3.02. The molecule has 2 aromatic carbocycles. The molecule has 3 rings (SSSR count). The van der Waals surface area contributed by atoms with Crippen LogP contribution >= 0.6 is 11.3 Å². The summed E-state index contributed by atoms with van der Waals surface area (Å²) >= 11 is 1.60. The largest absolute Gasteiger partial charge is 0.272 e. The summed E-state index contributed by atoms with van der Waals surface area (Å²) < 4.78 is 0. The van der Waals surface area contributed by atoms with Crippen LogP contribution in [-0.2, 0) is 4.79 Å². The fraction of sp³-hybridized carbons (Fsp3) is 0.100. The number of amides is 1. The molecule has 1 N–H and O–H groups in total. The van der Waals surface area contributed by atoms with Gasteiger partial charge in [0, 0.05) is 4.88 Å². The number of hydrazone groups is 1. The van der Waals surface area contributed by atoms with E-state index >= 15 is 0 Å². The first-order chi connectivity index (χ1) is 11.8. The molecule has 0 radical (unpaired) electrons. The van der Waals surface area contributed by atoms with Crippen LogP contribution in [0.15, 0.2) is 77.2 Å². The van der Waals surface area contributed by atoms with E-state index in [-0.39, 0.29) is 11.8 Å². The Bertz CT molecular complexity index is 786. The van der Waals surface area contributed by atoms with Gasteiger partial charge in [0.15, 0.2) is 0 Å². The molecule has 0 fully saturated rings. The Hall–Kier alpha value is -2.72. The van der Waals surface area contributed by atoms with E-state index < -0.39 is 0 Å². The van der Waals surface area contributed by atoms with E-state index in [4.69, 9.17) is 0 Å². The molecular weight excluding hydrogens is 316 g/mol. The minimum Gasteiger partial charge on any atom is -0.272 e. The van der Waals surface area contributed by atoms with Gasteiger partial charge in [-0.3, -0.25) is 4.79 Å². The van der Waals surface area contributed by atoms with Gasteiger partial charge >= 0.3 is 0 Å². The molecule has 4 heteroatoms. The normalized spacial score (nSPS) is 11.1. The van der Waals surface area contributed by atoms with E-state index in [9.17, 15) is 4.79 Å². The molecule has 3 aromatic rings. The van der Waals surface area contributed by atoms with Gasteiger partial charge in [0.25, 0.3) is 5.91 Å². The van der Waals surface area contributed by atoms with Crippen molar-refractivity contribution in [1.82, 2.24) is 5.43 Å². The minimum atomic E-state index is -0.381. The number of thiophene rings is 1. The Labute approximate surface area is 145 Å². The second-order valence-corrected chi connectivity index (χ2v) is 6.40. The summed E-state index contributed by atoms with van der Waals surface area (Å²) in [7, 11) is 0. The Morgan fingerprint density at radius 2 is 1.58 bits per heavy atom. The summed E-state index contributed by atoms with van der Waals surface area (Å²) in [5.41, 5.74) is 5.73. The van der Waals surface area contributed by atoms with E-state index in [0.717, 1.165) is 21.6 Å². The predicted molar refractivity (Wildman–Crippen MR) is 99.5 cm³/mol. The zero-order valence-electron chi connectivity index (χ0n) is 13.3. The lowest BCUT2D eigenvalue weighted by atomic mass is 9.91. The van der Waals surface area contributed by atoms with Gasteiger partial charge in [0.05, 0.1) is 12.1 Å².